The van der Waals surface area contributed by atoms with E-state index in [4.69, 9.17) is 0 Å². The SMILES string of the molecule is C[C@]12CC[C@H]3[C@@H](CC[C@@]4(C)C(=O)CC[C@]34CO)[C@@H]1CC[C@@H]2O. The molecule has 124 valence electrons. The molecule has 2 N–H and O–H groups in total. The molecule has 22 heavy (non-hydrogen) atoms. The second kappa shape index (κ2) is 4.57. The van der Waals surface area contributed by atoms with Crippen LogP contribution in [0.5, 0.6) is 0 Å². The van der Waals surface area contributed by atoms with E-state index in [-0.39, 0.29) is 29.0 Å². The van der Waals surface area contributed by atoms with Crippen molar-refractivity contribution < 1.29 is 15.0 Å². The quantitative estimate of drug-likeness (QED) is 0.783. The number of aliphatic hydroxyl groups excluding tert-OH is 2. The van der Waals surface area contributed by atoms with Gasteiger partial charge in [-0.2, -0.15) is 0 Å². The lowest BCUT2D eigenvalue weighted by atomic mass is 9.44. The van der Waals surface area contributed by atoms with Gasteiger partial charge in [-0.05, 0) is 68.1 Å². The predicted molar refractivity (Wildman–Crippen MR) is 84.2 cm³/mol. The zero-order valence-electron chi connectivity index (χ0n) is 14.0. The smallest absolute Gasteiger partial charge is 0.139 e. The largest absolute Gasteiger partial charge is 0.396 e. The molecule has 0 heterocycles. The van der Waals surface area contributed by atoms with Crippen molar-refractivity contribution in [1.29, 1.82) is 0 Å². The van der Waals surface area contributed by atoms with E-state index in [0.29, 0.717) is 30.0 Å². The van der Waals surface area contributed by atoms with Gasteiger partial charge in [0.25, 0.3) is 0 Å². The van der Waals surface area contributed by atoms with Crippen LogP contribution in [-0.4, -0.2) is 28.7 Å². The lowest BCUT2D eigenvalue weighted by Gasteiger charge is -2.60. The molecule has 4 aliphatic carbocycles. The molecule has 0 bridgehead atoms. The highest BCUT2D eigenvalue weighted by Crippen LogP contribution is 2.69. The van der Waals surface area contributed by atoms with Gasteiger partial charge in [0.05, 0.1) is 6.10 Å². The van der Waals surface area contributed by atoms with Crippen LogP contribution < -0.4 is 0 Å². The van der Waals surface area contributed by atoms with Gasteiger partial charge in [-0.3, -0.25) is 4.79 Å². The van der Waals surface area contributed by atoms with Crippen molar-refractivity contribution in [2.24, 2.45) is 34.0 Å². The zero-order chi connectivity index (χ0) is 15.8. The number of Topliss-reactive ketones (excluding diaryl/α,β-unsaturated/α-hetero) is 1. The molecule has 4 rings (SSSR count). The Bertz CT molecular complexity index is 503. The Morgan fingerprint density at radius 2 is 1.82 bits per heavy atom. The van der Waals surface area contributed by atoms with Crippen molar-refractivity contribution in [3.05, 3.63) is 0 Å². The lowest BCUT2D eigenvalue weighted by Crippen LogP contribution is -2.58. The normalized spacial score (nSPS) is 57.4. The minimum Gasteiger partial charge on any atom is -0.396 e. The molecule has 4 aliphatic rings. The second-order valence-electron chi connectivity index (χ2n) is 9.12. The third-order valence-corrected chi connectivity index (χ3v) is 8.87. The van der Waals surface area contributed by atoms with Crippen molar-refractivity contribution >= 4 is 5.78 Å². The first-order chi connectivity index (χ1) is 10.4. The Hall–Kier alpha value is -0.410. The molecule has 0 aromatic carbocycles. The molecule has 0 spiro atoms. The van der Waals surface area contributed by atoms with Crippen LogP contribution in [0.4, 0.5) is 0 Å². The molecule has 3 heteroatoms. The molecular weight excluding hydrogens is 276 g/mol. The maximum absolute atomic E-state index is 12.6. The molecule has 0 aliphatic heterocycles. The summed E-state index contributed by atoms with van der Waals surface area (Å²) in [5.74, 6) is 2.05. The highest BCUT2D eigenvalue weighted by Gasteiger charge is 2.67. The first kappa shape index (κ1) is 15.1. The highest BCUT2D eigenvalue weighted by molar-refractivity contribution is 5.88. The summed E-state index contributed by atoms with van der Waals surface area (Å²) in [5.41, 5.74) is -0.399. The Labute approximate surface area is 133 Å². The van der Waals surface area contributed by atoms with E-state index < -0.39 is 0 Å². The van der Waals surface area contributed by atoms with Gasteiger partial charge in [-0.15, -0.1) is 0 Å². The van der Waals surface area contributed by atoms with Crippen molar-refractivity contribution in [2.45, 2.75) is 71.3 Å². The monoisotopic (exact) mass is 306 g/mol. The summed E-state index contributed by atoms with van der Waals surface area (Å²) in [7, 11) is 0. The van der Waals surface area contributed by atoms with Crippen molar-refractivity contribution in [1.82, 2.24) is 0 Å². The average molecular weight is 306 g/mol. The fourth-order valence-corrected chi connectivity index (χ4v) is 7.32. The fraction of sp³-hybridized carbons (Fsp3) is 0.947. The molecule has 0 unspecified atom stereocenters. The molecule has 0 radical (unpaired) electrons. The summed E-state index contributed by atoms with van der Waals surface area (Å²) in [6, 6.07) is 0. The van der Waals surface area contributed by atoms with Gasteiger partial charge < -0.3 is 10.2 Å². The number of ketones is 1. The maximum Gasteiger partial charge on any atom is 0.139 e. The van der Waals surface area contributed by atoms with Gasteiger partial charge in [0.1, 0.15) is 5.78 Å². The van der Waals surface area contributed by atoms with Crippen LogP contribution in [0.2, 0.25) is 0 Å². The minimum absolute atomic E-state index is 0.0775. The fourth-order valence-electron chi connectivity index (χ4n) is 7.32. The molecule has 4 saturated carbocycles. The first-order valence-electron chi connectivity index (χ1n) is 9.21. The van der Waals surface area contributed by atoms with Gasteiger partial charge in [-0.25, -0.2) is 0 Å². The van der Waals surface area contributed by atoms with Crippen LogP contribution >= 0.6 is 0 Å². The molecule has 0 aromatic heterocycles. The summed E-state index contributed by atoms with van der Waals surface area (Å²) >= 11 is 0. The predicted octanol–water partition coefficient (Wildman–Crippen LogP) is 2.93. The Kier molecular flexibility index (Phi) is 3.14. The average Bonchev–Trinajstić information content (AvgIpc) is 2.95. The number of hydrogen-bond donors (Lipinski definition) is 2. The van der Waals surface area contributed by atoms with Crippen LogP contribution in [0, 0.1) is 34.0 Å². The van der Waals surface area contributed by atoms with Gasteiger partial charge in [0.2, 0.25) is 0 Å². The van der Waals surface area contributed by atoms with E-state index in [9.17, 15) is 15.0 Å². The Balaban J connectivity index is 1.73. The van der Waals surface area contributed by atoms with E-state index in [1.807, 2.05) is 0 Å². The first-order valence-corrected chi connectivity index (χ1v) is 9.21. The van der Waals surface area contributed by atoms with E-state index in [1.54, 1.807) is 0 Å². The number of fused-ring (bicyclic) bond motifs is 5. The van der Waals surface area contributed by atoms with E-state index >= 15 is 0 Å². The van der Waals surface area contributed by atoms with Gasteiger partial charge in [0, 0.05) is 23.9 Å². The minimum atomic E-state index is -0.298. The van der Waals surface area contributed by atoms with Crippen LogP contribution in [0.1, 0.15) is 65.2 Å². The number of carbonyl (C=O) groups excluding carboxylic acids is 1. The number of hydrogen-bond acceptors (Lipinski definition) is 3. The molecule has 0 aromatic rings. The second-order valence-corrected chi connectivity index (χ2v) is 9.12. The number of aliphatic hydroxyl groups is 2. The third-order valence-electron chi connectivity index (χ3n) is 8.87. The van der Waals surface area contributed by atoms with Gasteiger partial charge in [0.15, 0.2) is 0 Å². The van der Waals surface area contributed by atoms with Crippen LogP contribution in [0.25, 0.3) is 0 Å². The van der Waals surface area contributed by atoms with Crippen molar-refractivity contribution in [2.75, 3.05) is 6.61 Å². The molecule has 0 saturated heterocycles. The summed E-state index contributed by atoms with van der Waals surface area (Å²) in [4.78, 5) is 12.6. The molecule has 7 atom stereocenters. The molecule has 4 fully saturated rings. The zero-order valence-corrected chi connectivity index (χ0v) is 14.0. The van der Waals surface area contributed by atoms with E-state index in [2.05, 4.69) is 13.8 Å². The highest BCUT2D eigenvalue weighted by atomic mass is 16.3. The summed E-state index contributed by atoms with van der Waals surface area (Å²) in [6.45, 7) is 4.58. The summed E-state index contributed by atoms with van der Waals surface area (Å²) in [5, 5.41) is 20.8. The van der Waals surface area contributed by atoms with Crippen molar-refractivity contribution in [3.63, 3.8) is 0 Å². The Morgan fingerprint density at radius 3 is 2.55 bits per heavy atom. The molecule has 3 nitrogen and oxygen atoms in total. The Morgan fingerprint density at radius 1 is 1.05 bits per heavy atom. The van der Waals surface area contributed by atoms with E-state index in [0.717, 1.165) is 44.9 Å². The number of carbonyl (C=O) groups is 1. The number of rotatable bonds is 1. The third kappa shape index (κ3) is 1.53. The van der Waals surface area contributed by atoms with Crippen LogP contribution in [-0.2, 0) is 4.79 Å². The summed E-state index contributed by atoms with van der Waals surface area (Å²) < 4.78 is 0. The maximum atomic E-state index is 12.6. The molecule has 0 amide bonds. The lowest BCUT2D eigenvalue weighted by molar-refractivity contribution is -0.163. The molecular formula is C19H30O3. The topological polar surface area (TPSA) is 57.5 Å². The van der Waals surface area contributed by atoms with Gasteiger partial charge >= 0.3 is 0 Å². The van der Waals surface area contributed by atoms with Crippen LogP contribution in [0.15, 0.2) is 0 Å². The standard InChI is InChI=1S/C19H30O3/c1-17-8-6-14-12(13(17)3-4-15(17)21)5-9-18(2)16(22)7-10-19(14,18)11-20/h12-15,20-21H,3-11H2,1-2H3/t12-,13-,14-,15-,17-,18-,19-/m0/s1. The van der Waals surface area contributed by atoms with Gasteiger partial charge in [-0.1, -0.05) is 13.8 Å². The van der Waals surface area contributed by atoms with E-state index in [1.165, 1.54) is 0 Å². The van der Waals surface area contributed by atoms with Crippen molar-refractivity contribution in [3.8, 4) is 0 Å². The summed E-state index contributed by atoms with van der Waals surface area (Å²) in [6.07, 6.45) is 7.65. The van der Waals surface area contributed by atoms with Crippen LogP contribution in [0.3, 0.4) is 0 Å².